The molecule has 1 aliphatic carbocycles. The Morgan fingerprint density at radius 1 is 0.875 bits per heavy atom. The van der Waals surface area contributed by atoms with Crippen LogP contribution in [0.2, 0.25) is 0 Å². The minimum absolute atomic E-state index is 0. The average Bonchev–Trinajstić information content (AvgIpc) is 2.84. The number of hydrogen-bond donors (Lipinski definition) is 0. The molecule has 0 saturated carbocycles. The van der Waals surface area contributed by atoms with Crippen LogP contribution in [0.5, 0.6) is 0 Å². The van der Waals surface area contributed by atoms with Gasteiger partial charge in [-0.2, -0.15) is 0 Å². The van der Waals surface area contributed by atoms with Crippen molar-refractivity contribution < 1.29 is 57.7 Å². The van der Waals surface area contributed by atoms with Gasteiger partial charge in [0.1, 0.15) is 0 Å². The van der Waals surface area contributed by atoms with Gasteiger partial charge in [0, 0.05) is 0 Å². The SMILES string of the molecule is CCN(CC)CCC1c2ccccc2-c2ccc[c]([Ti+3])c21.[Cl-].[Cl-].[Cl-]. The van der Waals surface area contributed by atoms with E-state index in [4.69, 9.17) is 0 Å². The minimum Gasteiger partial charge on any atom is -1.00 e. The molecular weight excluding hydrogens is 396 g/mol. The van der Waals surface area contributed by atoms with E-state index in [1.807, 2.05) is 0 Å². The van der Waals surface area contributed by atoms with Crippen LogP contribution in [0.15, 0.2) is 42.5 Å². The molecule has 0 aromatic heterocycles. The van der Waals surface area contributed by atoms with E-state index >= 15 is 0 Å². The van der Waals surface area contributed by atoms with Crippen molar-refractivity contribution in [3.05, 3.63) is 53.6 Å². The van der Waals surface area contributed by atoms with E-state index < -0.39 is 0 Å². The normalized spacial score (nSPS) is 14.1. The Hall–Kier alpha value is -0.0157. The molecule has 0 heterocycles. The Kier molecular flexibility index (Phi) is 10.9. The maximum atomic E-state index is 2.53. The van der Waals surface area contributed by atoms with E-state index in [0.29, 0.717) is 5.92 Å². The molecule has 128 valence electrons. The van der Waals surface area contributed by atoms with Gasteiger partial charge in [-0.25, -0.2) is 0 Å². The summed E-state index contributed by atoms with van der Waals surface area (Å²) >= 11 is 2.26. The average molecular weight is 419 g/mol. The summed E-state index contributed by atoms with van der Waals surface area (Å²) < 4.78 is 1.44. The van der Waals surface area contributed by atoms with E-state index in [9.17, 15) is 0 Å². The van der Waals surface area contributed by atoms with Crippen molar-refractivity contribution in [3.63, 3.8) is 0 Å². The van der Waals surface area contributed by atoms with E-state index in [-0.39, 0.29) is 37.2 Å². The Labute approximate surface area is 176 Å². The predicted molar refractivity (Wildman–Crippen MR) is 85.8 cm³/mol. The van der Waals surface area contributed by atoms with E-state index in [2.05, 4.69) is 81.6 Å². The van der Waals surface area contributed by atoms with E-state index in [1.54, 1.807) is 5.56 Å². The van der Waals surface area contributed by atoms with Gasteiger partial charge in [-0.15, -0.1) is 0 Å². The van der Waals surface area contributed by atoms with Crippen LogP contribution < -0.4 is 41.1 Å². The molecule has 0 spiro atoms. The molecule has 1 atom stereocenters. The van der Waals surface area contributed by atoms with Gasteiger partial charge >= 0.3 is 140 Å². The molecule has 2 aromatic carbocycles. The van der Waals surface area contributed by atoms with Crippen LogP contribution in [0.3, 0.4) is 0 Å². The molecule has 3 rings (SSSR count). The van der Waals surface area contributed by atoms with Crippen LogP contribution in [0, 0.1) is 0 Å². The largest absolute Gasteiger partial charge is 1.00 e. The number of rotatable bonds is 5. The van der Waals surface area contributed by atoms with Gasteiger partial charge in [0.05, 0.1) is 0 Å². The third kappa shape index (κ3) is 4.58. The molecule has 0 N–H and O–H groups in total. The number of fused-ring (bicyclic) bond motifs is 3. The molecular formula is C19H22Cl3NTi. The maximum Gasteiger partial charge on any atom is -1.00 e. The van der Waals surface area contributed by atoms with Crippen LogP contribution in [0.25, 0.3) is 11.1 Å². The van der Waals surface area contributed by atoms with Crippen LogP contribution in [0.4, 0.5) is 0 Å². The van der Waals surface area contributed by atoms with Crippen LogP contribution in [0.1, 0.15) is 37.3 Å². The number of nitrogens with zero attached hydrogens (tertiary/aromatic N) is 1. The topological polar surface area (TPSA) is 3.24 Å². The van der Waals surface area contributed by atoms with Gasteiger partial charge in [0.25, 0.3) is 0 Å². The van der Waals surface area contributed by atoms with Crippen LogP contribution in [-0.2, 0) is 20.4 Å². The van der Waals surface area contributed by atoms with Gasteiger partial charge in [0.15, 0.2) is 0 Å². The van der Waals surface area contributed by atoms with Gasteiger partial charge in [-0.3, -0.25) is 0 Å². The second-order valence-electron chi connectivity index (χ2n) is 5.72. The first-order chi connectivity index (χ1) is 10.3. The van der Waals surface area contributed by atoms with Crippen LogP contribution >= 0.6 is 0 Å². The number of halogens is 3. The van der Waals surface area contributed by atoms with Crippen molar-refractivity contribution in [2.75, 3.05) is 19.6 Å². The monoisotopic (exact) mass is 417 g/mol. The minimum atomic E-state index is 0. The van der Waals surface area contributed by atoms with Crippen molar-refractivity contribution in [3.8, 4) is 11.1 Å². The van der Waals surface area contributed by atoms with Crippen molar-refractivity contribution in [1.29, 1.82) is 0 Å². The fourth-order valence-electron chi connectivity index (χ4n) is 3.53. The summed E-state index contributed by atoms with van der Waals surface area (Å²) in [5, 5.41) is 0. The first-order valence-electron chi connectivity index (χ1n) is 7.92. The Morgan fingerprint density at radius 2 is 1.50 bits per heavy atom. The van der Waals surface area contributed by atoms with Gasteiger partial charge in [0.2, 0.25) is 0 Å². The van der Waals surface area contributed by atoms with Crippen molar-refractivity contribution in [2.24, 2.45) is 0 Å². The van der Waals surface area contributed by atoms with Gasteiger partial charge in [-0.1, -0.05) is 0 Å². The summed E-state index contributed by atoms with van der Waals surface area (Å²) in [5.41, 5.74) is 5.98. The van der Waals surface area contributed by atoms with E-state index in [0.717, 1.165) is 13.1 Å². The fourth-order valence-corrected chi connectivity index (χ4v) is 4.16. The third-order valence-corrected chi connectivity index (χ3v) is 5.39. The Bertz CT molecular complexity index is 644. The standard InChI is InChI=1S/C19H22N.3ClH.Ti/c1-3-20(4-2)14-13-19-17-11-7-5-9-15(17)16-10-6-8-12-18(16)19;;;;/h5-11,19H,3-4,13-14H2,1-2H3;3*1H;/q;;;;+3/p-3. The van der Waals surface area contributed by atoms with Crippen LogP contribution in [-0.4, -0.2) is 24.5 Å². The molecule has 0 radical (unpaired) electrons. The number of benzene rings is 2. The molecule has 1 nitrogen and oxygen atoms in total. The molecule has 0 saturated heterocycles. The molecule has 0 amide bonds. The smallest absolute Gasteiger partial charge is 1.00 e. The van der Waals surface area contributed by atoms with E-state index in [1.165, 1.54) is 33.5 Å². The Morgan fingerprint density at radius 3 is 2.17 bits per heavy atom. The molecule has 5 heteroatoms. The summed E-state index contributed by atoms with van der Waals surface area (Å²) in [4.78, 5) is 2.53. The zero-order valence-corrected chi connectivity index (χ0v) is 17.9. The summed E-state index contributed by atoms with van der Waals surface area (Å²) in [5.74, 6) is 0.568. The molecule has 2 aromatic rings. The maximum absolute atomic E-state index is 2.53. The first kappa shape index (κ1) is 24.0. The zero-order chi connectivity index (χ0) is 14.8. The third-order valence-electron chi connectivity index (χ3n) is 4.71. The molecule has 24 heavy (non-hydrogen) atoms. The zero-order valence-electron chi connectivity index (χ0n) is 14.0. The van der Waals surface area contributed by atoms with Crippen molar-refractivity contribution >= 4 is 3.87 Å². The van der Waals surface area contributed by atoms with Gasteiger partial charge < -0.3 is 37.2 Å². The Balaban J connectivity index is 0.00000176. The molecule has 0 fully saturated rings. The van der Waals surface area contributed by atoms with Crippen molar-refractivity contribution in [1.82, 2.24) is 4.90 Å². The second kappa shape index (κ2) is 10.9. The summed E-state index contributed by atoms with van der Waals surface area (Å²) in [6.45, 7) is 7.98. The summed E-state index contributed by atoms with van der Waals surface area (Å²) in [6.07, 6.45) is 1.22. The van der Waals surface area contributed by atoms with Crippen molar-refractivity contribution in [2.45, 2.75) is 26.2 Å². The molecule has 0 bridgehead atoms. The predicted octanol–water partition coefficient (Wildman–Crippen LogP) is -5.29. The molecule has 0 aliphatic heterocycles. The summed E-state index contributed by atoms with van der Waals surface area (Å²) in [7, 11) is 0. The van der Waals surface area contributed by atoms with Gasteiger partial charge in [-0.05, 0) is 0 Å². The molecule has 1 unspecified atom stereocenters. The quantitative estimate of drug-likeness (QED) is 0.439. The summed E-state index contributed by atoms with van der Waals surface area (Å²) in [6, 6.07) is 15.7. The molecule has 1 aliphatic rings. The fraction of sp³-hybridized carbons (Fsp3) is 0.368. The number of hydrogen-bond acceptors (Lipinski definition) is 1. The second-order valence-corrected chi connectivity index (χ2v) is 6.56. The first-order valence-corrected chi connectivity index (χ1v) is 8.70.